The largest absolute Gasteiger partial charge is 0.469 e. The number of carbonyl (C=O) groups is 1. The highest BCUT2D eigenvalue weighted by Gasteiger charge is 2.37. The number of rotatable bonds is 4. The molecule has 1 aromatic heterocycles. The zero-order valence-corrected chi connectivity index (χ0v) is 13.1. The molecule has 0 aromatic carbocycles. The fourth-order valence-corrected chi connectivity index (χ4v) is 2.79. The van der Waals surface area contributed by atoms with Crippen molar-refractivity contribution in [3.63, 3.8) is 0 Å². The highest BCUT2D eigenvalue weighted by atomic mass is 16.5. The van der Waals surface area contributed by atoms with Crippen LogP contribution in [0.25, 0.3) is 0 Å². The number of methoxy groups -OCH3 is 1. The zero-order valence-electron chi connectivity index (χ0n) is 13.1. The smallest absolute Gasteiger partial charge is 0.310 e. The topological polar surface area (TPSA) is 64.4 Å². The quantitative estimate of drug-likeness (QED) is 0.779. The third-order valence-electron chi connectivity index (χ3n) is 3.87. The van der Waals surface area contributed by atoms with Crippen molar-refractivity contribution in [2.45, 2.75) is 27.3 Å². The van der Waals surface area contributed by atoms with Crippen molar-refractivity contribution in [1.82, 2.24) is 9.55 Å². The van der Waals surface area contributed by atoms with Crippen molar-refractivity contribution >= 4 is 11.8 Å². The number of nitrogens with zero attached hydrogens (tertiary/aromatic N) is 3. The third kappa shape index (κ3) is 3.25. The summed E-state index contributed by atoms with van der Waals surface area (Å²) in [6, 6.07) is 0. The average Bonchev–Trinajstić information content (AvgIpc) is 2.81. The minimum absolute atomic E-state index is 0.0936. The number of esters is 1. The highest BCUT2D eigenvalue weighted by molar-refractivity contribution is 5.74. The summed E-state index contributed by atoms with van der Waals surface area (Å²) in [5.41, 5.74) is -0.0936. The first-order valence-electron chi connectivity index (χ1n) is 7.32. The number of hydrogen-bond acceptors (Lipinski definition) is 5. The van der Waals surface area contributed by atoms with Gasteiger partial charge in [-0.1, -0.05) is 20.8 Å². The van der Waals surface area contributed by atoms with Gasteiger partial charge in [0.15, 0.2) is 5.82 Å². The van der Waals surface area contributed by atoms with Gasteiger partial charge in [-0.3, -0.25) is 9.59 Å². The summed E-state index contributed by atoms with van der Waals surface area (Å²) in [5, 5.41) is 0. The van der Waals surface area contributed by atoms with E-state index in [1.54, 1.807) is 17.0 Å². The molecule has 2 rings (SSSR count). The molecule has 1 saturated heterocycles. The van der Waals surface area contributed by atoms with Crippen LogP contribution in [0.1, 0.15) is 20.8 Å². The lowest BCUT2D eigenvalue weighted by atomic mass is 9.99. The van der Waals surface area contributed by atoms with E-state index in [0.29, 0.717) is 31.4 Å². The van der Waals surface area contributed by atoms with Crippen LogP contribution in [0.4, 0.5) is 5.82 Å². The Bertz CT molecular complexity index is 568. The molecule has 0 N–H and O–H groups in total. The fourth-order valence-electron chi connectivity index (χ4n) is 2.79. The van der Waals surface area contributed by atoms with Gasteiger partial charge in [0.2, 0.25) is 0 Å². The molecule has 1 fully saturated rings. The van der Waals surface area contributed by atoms with Gasteiger partial charge in [0.05, 0.1) is 13.0 Å². The molecular weight excluding hydrogens is 270 g/mol. The van der Waals surface area contributed by atoms with Crippen LogP contribution in [-0.2, 0) is 16.1 Å². The van der Waals surface area contributed by atoms with Crippen molar-refractivity contribution in [2.75, 3.05) is 25.1 Å². The first kappa shape index (κ1) is 15.5. The Morgan fingerprint density at radius 2 is 2.19 bits per heavy atom. The zero-order chi connectivity index (χ0) is 15.6. The van der Waals surface area contributed by atoms with E-state index in [1.807, 2.05) is 11.8 Å². The number of aromatic nitrogens is 2. The lowest BCUT2D eigenvalue weighted by molar-refractivity contribution is -0.145. The standard InChI is InChI=1S/C15H23N3O3/c1-10(2)7-17-6-5-16-13(14(17)19)18-8-11(3)12(9-18)15(20)21-4/h5-6,10-12H,7-9H2,1-4H3. The van der Waals surface area contributed by atoms with Crippen LogP contribution in [0.2, 0.25) is 0 Å². The van der Waals surface area contributed by atoms with Gasteiger partial charge in [0.1, 0.15) is 0 Å². The molecule has 0 saturated carbocycles. The molecule has 0 radical (unpaired) electrons. The van der Waals surface area contributed by atoms with Gasteiger partial charge in [-0.2, -0.15) is 0 Å². The van der Waals surface area contributed by atoms with Crippen LogP contribution < -0.4 is 10.5 Å². The van der Waals surface area contributed by atoms with E-state index in [1.165, 1.54) is 7.11 Å². The van der Waals surface area contributed by atoms with Crippen molar-refractivity contribution in [3.05, 3.63) is 22.7 Å². The molecule has 2 unspecified atom stereocenters. The Morgan fingerprint density at radius 3 is 2.81 bits per heavy atom. The van der Waals surface area contributed by atoms with Gasteiger partial charge in [-0.05, 0) is 11.8 Å². The number of hydrogen-bond donors (Lipinski definition) is 0. The fraction of sp³-hybridized carbons (Fsp3) is 0.667. The monoisotopic (exact) mass is 293 g/mol. The van der Waals surface area contributed by atoms with Crippen LogP contribution in [0.3, 0.4) is 0 Å². The van der Waals surface area contributed by atoms with Gasteiger partial charge in [0, 0.05) is 32.0 Å². The Labute approximate surface area is 124 Å². The SMILES string of the molecule is COC(=O)C1CN(c2nccn(CC(C)C)c2=O)CC1C. The van der Waals surface area contributed by atoms with Crippen molar-refractivity contribution in [3.8, 4) is 0 Å². The lowest BCUT2D eigenvalue weighted by Gasteiger charge is -2.18. The molecule has 0 spiro atoms. The Kier molecular flexibility index (Phi) is 4.65. The molecule has 6 heteroatoms. The summed E-state index contributed by atoms with van der Waals surface area (Å²) in [4.78, 5) is 30.3. The van der Waals surface area contributed by atoms with Crippen LogP contribution in [0.15, 0.2) is 17.2 Å². The molecule has 0 aliphatic carbocycles. The highest BCUT2D eigenvalue weighted by Crippen LogP contribution is 2.26. The Hall–Kier alpha value is -1.85. The summed E-state index contributed by atoms with van der Waals surface area (Å²) in [5.74, 6) is 0.547. The Balaban J connectivity index is 2.24. The second-order valence-electron chi connectivity index (χ2n) is 6.11. The predicted molar refractivity (Wildman–Crippen MR) is 80.2 cm³/mol. The molecule has 1 aliphatic heterocycles. The Morgan fingerprint density at radius 1 is 1.48 bits per heavy atom. The van der Waals surface area contributed by atoms with E-state index >= 15 is 0 Å². The molecule has 2 atom stereocenters. The first-order valence-corrected chi connectivity index (χ1v) is 7.32. The van der Waals surface area contributed by atoms with Gasteiger partial charge in [0.25, 0.3) is 5.56 Å². The van der Waals surface area contributed by atoms with Crippen molar-refractivity contribution in [2.24, 2.45) is 17.8 Å². The maximum absolute atomic E-state index is 12.5. The normalized spacial score (nSPS) is 21.9. The average molecular weight is 293 g/mol. The molecule has 1 aliphatic rings. The molecule has 1 aromatic rings. The summed E-state index contributed by atoms with van der Waals surface area (Å²) >= 11 is 0. The van der Waals surface area contributed by atoms with E-state index in [9.17, 15) is 9.59 Å². The van der Waals surface area contributed by atoms with E-state index in [2.05, 4.69) is 18.8 Å². The van der Waals surface area contributed by atoms with E-state index in [-0.39, 0.29) is 23.4 Å². The molecule has 2 heterocycles. The van der Waals surface area contributed by atoms with Gasteiger partial charge >= 0.3 is 5.97 Å². The van der Waals surface area contributed by atoms with Gasteiger partial charge < -0.3 is 14.2 Å². The predicted octanol–water partition coefficient (Wildman–Crippen LogP) is 1.14. The van der Waals surface area contributed by atoms with Crippen LogP contribution in [-0.4, -0.2) is 35.7 Å². The van der Waals surface area contributed by atoms with Crippen LogP contribution in [0.5, 0.6) is 0 Å². The molecule has 0 amide bonds. The first-order chi connectivity index (χ1) is 9.93. The minimum atomic E-state index is -0.219. The molecule has 0 bridgehead atoms. The summed E-state index contributed by atoms with van der Waals surface area (Å²) in [7, 11) is 1.40. The van der Waals surface area contributed by atoms with Crippen LogP contribution in [0, 0.1) is 17.8 Å². The lowest BCUT2D eigenvalue weighted by Crippen LogP contribution is -2.33. The van der Waals surface area contributed by atoms with Crippen LogP contribution >= 0.6 is 0 Å². The van der Waals surface area contributed by atoms with E-state index < -0.39 is 0 Å². The second-order valence-corrected chi connectivity index (χ2v) is 6.11. The van der Waals surface area contributed by atoms with Crippen molar-refractivity contribution in [1.29, 1.82) is 0 Å². The number of carbonyl (C=O) groups excluding carboxylic acids is 1. The van der Waals surface area contributed by atoms with Gasteiger partial charge in [-0.25, -0.2) is 4.98 Å². The number of ether oxygens (including phenoxy) is 1. The molecular formula is C15H23N3O3. The summed E-state index contributed by atoms with van der Waals surface area (Å²) in [6.45, 7) is 7.93. The van der Waals surface area contributed by atoms with E-state index in [4.69, 9.17) is 4.74 Å². The maximum Gasteiger partial charge on any atom is 0.310 e. The van der Waals surface area contributed by atoms with Gasteiger partial charge in [-0.15, -0.1) is 0 Å². The number of anilines is 1. The van der Waals surface area contributed by atoms with E-state index in [0.717, 1.165) is 0 Å². The maximum atomic E-state index is 12.5. The molecule has 116 valence electrons. The van der Waals surface area contributed by atoms with Crippen molar-refractivity contribution < 1.29 is 9.53 Å². The minimum Gasteiger partial charge on any atom is -0.469 e. The third-order valence-corrected chi connectivity index (χ3v) is 3.87. The second kappa shape index (κ2) is 6.28. The summed E-state index contributed by atoms with van der Waals surface area (Å²) in [6.07, 6.45) is 3.36. The summed E-state index contributed by atoms with van der Waals surface area (Å²) < 4.78 is 6.51. The molecule has 21 heavy (non-hydrogen) atoms. The molecule has 6 nitrogen and oxygen atoms in total.